The van der Waals surface area contributed by atoms with Crippen LogP contribution < -0.4 is 5.32 Å². The van der Waals surface area contributed by atoms with Crippen molar-refractivity contribution in [1.29, 1.82) is 0 Å². The van der Waals surface area contributed by atoms with Gasteiger partial charge < -0.3 is 10.2 Å². The summed E-state index contributed by atoms with van der Waals surface area (Å²) in [5.41, 5.74) is 2.17. The van der Waals surface area contributed by atoms with E-state index < -0.39 is 0 Å². The van der Waals surface area contributed by atoms with Crippen LogP contribution in [0.3, 0.4) is 0 Å². The van der Waals surface area contributed by atoms with Gasteiger partial charge in [0.05, 0.1) is 12.2 Å². The van der Waals surface area contributed by atoms with Gasteiger partial charge in [-0.1, -0.05) is 0 Å². The molecule has 132 valence electrons. The second-order valence-corrected chi connectivity index (χ2v) is 7.19. The highest BCUT2D eigenvalue weighted by molar-refractivity contribution is 5.78. The molecule has 2 aromatic rings. The largest absolute Gasteiger partial charge is 0.354 e. The summed E-state index contributed by atoms with van der Waals surface area (Å²) in [4.78, 5) is 23.3. The Morgan fingerprint density at radius 3 is 2.60 bits per heavy atom. The SMILES string of the molecule is Cc1cnc(NC[C@H]2CCC(=O)N(C3CC3)[C@@H]2c2cnn(C)c2)nc1. The summed E-state index contributed by atoms with van der Waals surface area (Å²) in [6, 6.07) is 0.483. The predicted molar refractivity (Wildman–Crippen MR) is 93.8 cm³/mol. The lowest BCUT2D eigenvalue weighted by atomic mass is 9.85. The quantitative estimate of drug-likeness (QED) is 0.902. The van der Waals surface area contributed by atoms with Crippen molar-refractivity contribution < 1.29 is 4.79 Å². The summed E-state index contributed by atoms with van der Waals surface area (Å²) in [5.74, 6) is 1.25. The van der Waals surface area contributed by atoms with Gasteiger partial charge in [0.25, 0.3) is 0 Å². The Kier molecular flexibility index (Phi) is 4.15. The Hall–Kier alpha value is -2.44. The van der Waals surface area contributed by atoms with Gasteiger partial charge in [-0.25, -0.2) is 9.97 Å². The van der Waals surface area contributed by atoms with Crippen LogP contribution in [0.2, 0.25) is 0 Å². The van der Waals surface area contributed by atoms with Crippen molar-refractivity contribution in [3.05, 3.63) is 35.9 Å². The first-order valence-electron chi connectivity index (χ1n) is 8.94. The standard InChI is InChI=1S/C18H24N6O/c1-12-7-19-18(20-8-12)21-9-13-3-6-16(25)24(15-4-5-15)17(13)14-10-22-23(2)11-14/h7-8,10-11,13,15,17H,3-6,9H2,1-2H3,(H,19,20,21)/t13-,17+/m1/s1. The fourth-order valence-corrected chi connectivity index (χ4v) is 3.71. The van der Waals surface area contributed by atoms with E-state index in [1.54, 1.807) is 0 Å². The zero-order chi connectivity index (χ0) is 17.4. The Morgan fingerprint density at radius 1 is 1.20 bits per heavy atom. The van der Waals surface area contributed by atoms with Crippen molar-refractivity contribution in [2.75, 3.05) is 11.9 Å². The number of hydrogen-bond donors (Lipinski definition) is 1. The molecule has 4 rings (SSSR count). The summed E-state index contributed by atoms with van der Waals surface area (Å²) in [6.07, 6.45) is 11.3. The summed E-state index contributed by atoms with van der Waals surface area (Å²) >= 11 is 0. The molecule has 7 heteroatoms. The van der Waals surface area contributed by atoms with E-state index in [1.807, 2.05) is 43.4 Å². The van der Waals surface area contributed by atoms with E-state index in [9.17, 15) is 4.79 Å². The number of anilines is 1. The molecule has 1 N–H and O–H groups in total. The molecular formula is C18H24N6O. The first kappa shape index (κ1) is 16.1. The minimum Gasteiger partial charge on any atom is -0.354 e. The second-order valence-electron chi connectivity index (χ2n) is 7.19. The van der Waals surface area contributed by atoms with E-state index >= 15 is 0 Å². The molecule has 1 aliphatic carbocycles. The molecule has 2 fully saturated rings. The lowest BCUT2D eigenvalue weighted by Crippen LogP contribution is -2.46. The number of aromatic nitrogens is 4. The van der Waals surface area contributed by atoms with Gasteiger partial charge in [-0.3, -0.25) is 9.48 Å². The Balaban J connectivity index is 1.55. The topological polar surface area (TPSA) is 75.9 Å². The summed E-state index contributed by atoms with van der Waals surface area (Å²) < 4.78 is 1.81. The van der Waals surface area contributed by atoms with Crippen molar-refractivity contribution >= 4 is 11.9 Å². The molecule has 1 aliphatic heterocycles. The number of carbonyl (C=O) groups excluding carboxylic acids is 1. The monoisotopic (exact) mass is 340 g/mol. The first-order chi connectivity index (χ1) is 12.1. The van der Waals surface area contributed by atoms with E-state index in [0.717, 1.165) is 36.9 Å². The van der Waals surface area contributed by atoms with Crippen LogP contribution in [0.1, 0.15) is 42.9 Å². The third-order valence-corrected chi connectivity index (χ3v) is 5.07. The van der Waals surface area contributed by atoms with Crippen LogP contribution in [0.25, 0.3) is 0 Å². The normalized spacial score (nSPS) is 23.8. The molecule has 2 atom stereocenters. The maximum absolute atomic E-state index is 12.6. The lowest BCUT2D eigenvalue weighted by Gasteiger charge is -2.41. The zero-order valence-electron chi connectivity index (χ0n) is 14.7. The maximum Gasteiger partial charge on any atom is 0.223 e. The number of rotatable bonds is 5. The number of piperidine rings is 1. The number of nitrogens with zero attached hydrogens (tertiary/aromatic N) is 5. The fraction of sp³-hybridized carbons (Fsp3) is 0.556. The molecule has 1 saturated carbocycles. The predicted octanol–water partition coefficient (Wildman–Crippen LogP) is 2.07. The molecule has 2 aromatic heterocycles. The van der Waals surface area contributed by atoms with E-state index in [0.29, 0.717) is 24.3 Å². The number of likely N-dealkylation sites (tertiary alicyclic amines) is 1. The molecule has 0 bridgehead atoms. The smallest absolute Gasteiger partial charge is 0.223 e. The van der Waals surface area contributed by atoms with Gasteiger partial charge >= 0.3 is 0 Å². The molecule has 7 nitrogen and oxygen atoms in total. The van der Waals surface area contributed by atoms with Gasteiger partial charge in [-0.05, 0) is 31.7 Å². The number of nitrogens with one attached hydrogen (secondary N) is 1. The molecule has 1 saturated heterocycles. The summed E-state index contributed by atoms with van der Waals surface area (Å²) in [5, 5.41) is 7.68. The van der Waals surface area contributed by atoms with Crippen LogP contribution in [0.5, 0.6) is 0 Å². The Bertz CT molecular complexity index is 751. The molecular weight excluding hydrogens is 316 g/mol. The van der Waals surface area contributed by atoms with Crippen LogP contribution in [0.15, 0.2) is 24.8 Å². The van der Waals surface area contributed by atoms with Crippen LogP contribution >= 0.6 is 0 Å². The fourth-order valence-electron chi connectivity index (χ4n) is 3.71. The average Bonchev–Trinajstić information content (AvgIpc) is 3.35. The molecule has 25 heavy (non-hydrogen) atoms. The Labute approximate surface area is 147 Å². The number of carbonyl (C=O) groups is 1. The first-order valence-corrected chi connectivity index (χ1v) is 8.94. The van der Waals surface area contributed by atoms with Crippen LogP contribution in [0.4, 0.5) is 5.95 Å². The highest BCUT2D eigenvalue weighted by Crippen LogP contribution is 2.43. The van der Waals surface area contributed by atoms with Gasteiger partial charge in [0.2, 0.25) is 11.9 Å². The highest BCUT2D eigenvalue weighted by atomic mass is 16.2. The van der Waals surface area contributed by atoms with Crippen LogP contribution in [-0.4, -0.2) is 43.1 Å². The van der Waals surface area contributed by atoms with Gasteiger partial charge in [0.1, 0.15) is 0 Å². The molecule has 3 heterocycles. The van der Waals surface area contributed by atoms with E-state index in [2.05, 4.69) is 25.3 Å². The number of hydrogen-bond acceptors (Lipinski definition) is 5. The van der Waals surface area contributed by atoms with Crippen molar-refractivity contribution in [2.45, 2.75) is 44.7 Å². The highest BCUT2D eigenvalue weighted by Gasteiger charge is 2.44. The van der Waals surface area contributed by atoms with E-state index in [4.69, 9.17) is 0 Å². The van der Waals surface area contributed by atoms with Gasteiger partial charge in [-0.2, -0.15) is 5.10 Å². The molecule has 0 radical (unpaired) electrons. The second kappa shape index (κ2) is 6.46. The molecule has 0 aromatic carbocycles. The van der Waals surface area contributed by atoms with Gasteiger partial charge in [0.15, 0.2) is 0 Å². The van der Waals surface area contributed by atoms with Crippen molar-refractivity contribution in [3.8, 4) is 0 Å². The molecule has 0 unspecified atom stereocenters. The number of aryl methyl sites for hydroxylation is 2. The summed E-state index contributed by atoms with van der Waals surface area (Å²) in [6.45, 7) is 2.72. The molecule has 2 aliphatic rings. The van der Waals surface area contributed by atoms with Crippen molar-refractivity contribution in [3.63, 3.8) is 0 Å². The number of amides is 1. The van der Waals surface area contributed by atoms with Gasteiger partial charge in [0, 0.05) is 56.1 Å². The zero-order valence-corrected chi connectivity index (χ0v) is 14.7. The molecule has 1 amide bonds. The third kappa shape index (κ3) is 3.36. The van der Waals surface area contributed by atoms with Crippen molar-refractivity contribution in [1.82, 2.24) is 24.6 Å². The Morgan fingerprint density at radius 2 is 1.96 bits per heavy atom. The van der Waals surface area contributed by atoms with Crippen LogP contribution in [-0.2, 0) is 11.8 Å². The van der Waals surface area contributed by atoms with Gasteiger partial charge in [-0.15, -0.1) is 0 Å². The average molecular weight is 340 g/mol. The van der Waals surface area contributed by atoms with E-state index in [-0.39, 0.29) is 11.9 Å². The molecule has 0 spiro atoms. The van der Waals surface area contributed by atoms with E-state index in [1.165, 1.54) is 0 Å². The van der Waals surface area contributed by atoms with Crippen molar-refractivity contribution in [2.24, 2.45) is 13.0 Å². The maximum atomic E-state index is 12.6. The lowest BCUT2D eigenvalue weighted by molar-refractivity contribution is -0.139. The minimum atomic E-state index is 0.0837. The third-order valence-electron chi connectivity index (χ3n) is 5.07. The summed E-state index contributed by atoms with van der Waals surface area (Å²) in [7, 11) is 1.92. The van der Waals surface area contributed by atoms with Crippen LogP contribution in [0, 0.1) is 12.8 Å². The minimum absolute atomic E-state index is 0.0837.